The number of carbonyl (C=O) groups is 1. The molecule has 0 unspecified atom stereocenters. The van der Waals surface area contributed by atoms with Gasteiger partial charge in [0, 0.05) is 25.5 Å². The molecular formula is C9H11NO3. The van der Waals surface area contributed by atoms with E-state index in [0.717, 1.165) is 10.3 Å². The van der Waals surface area contributed by atoms with Gasteiger partial charge in [0.25, 0.3) is 0 Å². The monoisotopic (exact) mass is 181 g/mol. The van der Waals surface area contributed by atoms with E-state index in [-0.39, 0.29) is 5.97 Å². The van der Waals surface area contributed by atoms with Gasteiger partial charge in [-0.05, 0) is 5.56 Å². The van der Waals surface area contributed by atoms with Crippen LogP contribution in [0.5, 0.6) is 0 Å². The van der Waals surface area contributed by atoms with Gasteiger partial charge in [0.1, 0.15) is 0 Å². The third-order valence-corrected chi connectivity index (χ3v) is 1.57. The van der Waals surface area contributed by atoms with Crippen LogP contribution in [-0.4, -0.2) is 12.6 Å². The summed E-state index contributed by atoms with van der Waals surface area (Å²) in [4.78, 5) is 10.4. The molecule has 0 saturated heterocycles. The van der Waals surface area contributed by atoms with Gasteiger partial charge in [-0.15, -0.1) is 0 Å². The predicted octanol–water partition coefficient (Wildman–Crippen LogP) is 0.426. The Bertz CT molecular complexity index is 281. The highest BCUT2D eigenvalue weighted by atomic mass is 16.5. The lowest BCUT2D eigenvalue weighted by atomic mass is 10.2. The SMILES string of the molecule is CC(=O)OCCc1cc[n+]([O-])cc1. The number of esters is 1. The molecule has 0 aliphatic carbocycles. The van der Waals surface area contributed by atoms with E-state index in [9.17, 15) is 10.0 Å². The second kappa shape index (κ2) is 4.45. The summed E-state index contributed by atoms with van der Waals surface area (Å²) in [6.45, 7) is 1.73. The molecule has 1 rings (SSSR count). The van der Waals surface area contributed by atoms with Crippen LogP contribution >= 0.6 is 0 Å². The number of rotatable bonds is 3. The maximum Gasteiger partial charge on any atom is 0.302 e. The number of nitrogens with zero attached hydrogens (tertiary/aromatic N) is 1. The highest BCUT2D eigenvalue weighted by Crippen LogP contribution is 1.96. The number of hydrogen-bond donors (Lipinski definition) is 0. The van der Waals surface area contributed by atoms with E-state index >= 15 is 0 Å². The van der Waals surface area contributed by atoms with Crippen molar-refractivity contribution < 1.29 is 14.3 Å². The summed E-state index contributed by atoms with van der Waals surface area (Å²) >= 11 is 0. The van der Waals surface area contributed by atoms with Crippen molar-refractivity contribution in [2.24, 2.45) is 0 Å². The van der Waals surface area contributed by atoms with E-state index in [4.69, 9.17) is 4.74 Å². The highest BCUT2D eigenvalue weighted by Gasteiger charge is 1.96. The van der Waals surface area contributed by atoms with E-state index in [2.05, 4.69) is 0 Å². The van der Waals surface area contributed by atoms with Gasteiger partial charge in [-0.25, -0.2) is 0 Å². The maximum absolute atomic E-state index is 10.6. The van der Waals surface area contributed by atoms with Gasteiger partial charge < -0.3 is 9.94 Å². The first kappa shape index (κ1) is 9.51. The standard InChI is InChI=1S/C9H11NO3/c1-8(11)13-7-4-9-2-5-10(12)6-3-9/h2-3,5-6H,4,7H2,1H3. The van der Waals surface area contributed by atoms with Crippen LogP contribution in [0.4, 0.5) is 0 Å². The summed E-state index contributed by atoms with van der Waals surface area (Å²) in [5, 5.41) is 10.6. The molecule has 4 heteroatoms. The molecule has 0 saturated carbocycles. The Morgan fingerprint density at radius 1 is 1.54 bits per heavy atom. The van der Waals surface area contributed by atoms with Crippen LogP contribution in [0.1, 0.15) is 12.5 Å². The molecular weight excluding hydrogens is 170 g/mol. The Morgan fingerprint density at radius 2 is 2.15 bits per heavy atom. The van der Waals surface area contributed by atoms with Crippen molar-refractivity contribution in [3.63, 3.8) is 0 Å². The molecule has 0 N–H and O–H groups in total. The molecule has 0 aromatic carbocycles. The van der Waals surface area contributed by atoms with Gasteiger partial charge in [-0.2, -0.15) is 4.73 Å². The molecule has 1 aromatic heterocycles. The molecule has 0 amide bonds. The van der Waals surface area contributed by atoms with Crippen molar-refractivity contribution in [1.82, 2.24) is 0 Å². The summed E-state index contributed by atoms with van der Waals surface area (Å²) < 4.78 is 5.47. The number of hydrogen-bond acceptors (Lipinski definition) is 3. The number of aromatic nitrogens is 1. The van der Waals surface area contributed by atoms with Crippen LogP contribution in [0, 0.1) is 5.21 Å². The van der Waals surface area contributed by atoms with E-state index in [1.807, 2.05) is 0 Å². The second-order valence-electron chi connectivity index (χ2n) is 2.66. The van der Waals surface area contributed by atoms with Crippen molar-refractivity contribution in [1.29, 1.82) is 0 Å². The van der Waals surface area contributed by atoms with Crippen LogP contribution < -0.4 is 4.73 Å². The number of pyridine rings is 1. The van der Waals surface area contributed by atoms with Gasteiger partial charge in [-0.1, -0.05) is 0 Å². The average molecular weight is 181 g/mol. The third kappa shape index (κ3) is 3.55. The number of ether oxygens (including phenoxy) is 1. The Kier molecular flexibility index (Phi) is 3.25. The molecule has 0 spiro atoms. The van der Waals surface area contributed by atoms with Crippen LogP contribution in [0.2, 0.25) is 0 Å². The smallest absolute Gasteiger partial charge is 0.302 e. The normalized spacial score (nSPS) is 9.62. The minimum absolute atomic E-state index is 0.283. The fourth-order valence-corrected chi connectivity index (χ4v) is 0.923. The van der Waals surface area contributed by atoms with Gasteiger partial charge in [0.05, 0.1) is 6.61 Å². The van der Waals surface area contributed by atoms with E-state index < -0.39 is 0 Å². The van der Waals surface area contributed by atoms with Crippen LogP contribution in [0.15, 0.2) is 24.5 Å². The largest absolute Gasteiger partial charge is 0.619 e. The van der Waals surface area contributed by atoms with Crippen molar-refractivity contribution in [2.75, 3.05) is 6.61 Å². The Hall–Kier alpha value is -1.58. The Balaban J connectivity index is 2.37. The van der Waals surface area contributed by atoms with Crippen LogP contribution in [0.25, 0.3) is 0 Å². The molecule has 1 aromatic rings. The van der Waals surface area contributed by atoms with Crippen molar-refractivity contribution in [2.45, 2.75) is 13.3 Å². The van der Waals surface area contributed by atoms with Gasteiger partial charge >= 0.3 is 5.97 Å². The summed E-state index contributed by atoms with van der Waals surface area (Å²) in [5.41, 5.74) is 0.980. The molecule has 0 aliphatic heterocycles. The Morgan fingerprint density at radius 3 is 2.69 bits per heavy atom. The second-order valence-corrected chi connectivity index (χ2v) is 2.66. The molecule has 13 heavy (non-hydrogen) atoms. The molecule has 0 radical (unpaired) electrons. The van der Waals surface area contributed by atoms with E-state index in [0.29, 0.717) is 13.0 Å². The predicted molar refractivity (Wildman–Crippen MR) is 45.7 cm³/mol. The first-order valence-electron chi connectivity index (χ1n) is 3.99. The zero-order chi connectivity index (χ0) is 9.68. The fourth-order valence-electron chi connectivity index (χ4n) is 0.923. The summed E-state index contributed by atoms with van der Waals surface area (Å²) in [5.74, 6) is -0.283. The minimum atomic E-state index is -0.283. The molecule has 70 valence electrons. The van der Waals surface area contributed by atoms with Gasteiger partial charge in [0.15, 0.2) is 12.4 Å². The minimum Gasteiger partial charge on any atom is -0.619 e. The lowest BCUT2D eigenvalue weighted by Crippen LogP contribution is -2.23. The molecule has 0 bridgehead atoms. The lowest BCUT2D eigenvalue weighted by Gasteiger charge is -2.01. The lowest BCUT2D eigenvalue weighted by molar-refractivity contribution is -0.605. The molecule has 4 nitrogen and oxygen atoms in total. The zero-order valence-electron chi connectivity index (χ0n) is 7.40. The highest BCUT2D eigenvalue weighted by molar-refractivity contribution is 5.65. The van der Waals surface area contributed by atoms with Crippen molar-refractivity contribution >= 4 is 5.97 Å². The van der Waals surface area contributed by atoms with Gasteiger partial charge in [-0.3, -0.25) is 4.79 Å². The van der Waals surface area contributed by atoms with E-state index in [1.54, 1.807) is 12.1 Å². The summed E-state index contributed by atoms with van der Waals surface area (Å²) in [7, 11) is 0. The van der Waals surface area contributed by atoms with Crippen LogP contribution in [-0.2, 0) is 16.0 Å². The average Bonchev–Trinajstić information content (AvgIpc) is 2.08. The summed E-state index contributed by atoms with van der Waals surface area (Å²) in [6, 6.07) is 3.41. The molecule has 0 atom stereocenters. The zero-order valence-corrected chi connectivity index (χ0v) is 7.40. The molecule has 1 heterocycles. The Labute approximate surface area is 76.3 Å². The first-order chi connectivity index (χ1) is 6.18. The summed E-state index contributed by atoms with van der Waals surface area (Å²) in [6.07, 6.45) is 3.48. The van der Waals surface area contributed by atoms with Crippen LogP contribution in [0.3, 0.4) is 0 Å². The van der Waals surface area contributed by atoms with E-state index in [1.165, 1.54) is 19.3 Å². The van der Waals surface area contributed by atoms with Crippen molar-refractivity contribution in [3.8, 4) is 0 Å². The molecule has 0 fully saturated rings. The fraction of sp³-hybridized carbons (Fsp3) is 0.333. The van der Waals surface area contributed by atoms with Gasteiger partial charge in [0.2, 0.25) is 0 Å². The number of carbonyl (C=O) groups excluding carboxylic acids is 1. The molecule has 0 aliphatic rings. The quantitative estimate of drug-likeness (QED) is 0.386. The topological polar surface area (TPSA) is 53.2 Å². The maximum atomic E-state index is 10.6. The van der Waals surface area contributed by atoms with Crippen molar-refractivity contribution in [3.05, 3.63) is 35.3 Å². The third-order valence-electron chi connectivity index (χ3n) is 1.57. The first-order valence-corrected chi connectivity index (χ1v) is 3.99.